The predicted molar refractivity (Wildman–Crippen MR) is 140 cm³/mol. The van der Waals surface area contributed by atoms with Gasteiger partial charge in [-0.3, -0.25) is 9.36 Å². The summed E-state index contributed by atoms with van der Waals surface area (Å²) in [5, 5.41) is 4.73. The van der Waals surface area contributed by atoms with Gasteiger partial charge in [-0.15, -0.1) is 0 Å². The second-order valence-corrected chi connectivity index (χ2v) is 10.6. The van der Waals surface area contributed by atoms with E-state index in [1.165, 1.54) is 44.5 Å². The van der Waals surface area contributed by atoms with E-state index in [1.54, 1.807) is 25.4 Å². The van der Waals surface area contributed by atoms with Gasteiger partial charge in [-0.05, 0) is 36.7 Å². The maximum atomic E-state index is 13.4. The van der Waals surface area contributed by atoms with Crippen molar-refractivity contribution in [2.24, 2.45) is 24.8 Å². The Bertz CT molecular complexity index is 1310. The first-order valence-electron chi connectivity index (χ1n) is 12.1. The molecule has 1 unspecified atom stereocenters. The summed E-state index contributed by atoms with van der Waals surface area (Å²) in [5.74, 6) is 3.52. The molecule has 2 aliphatic carbocycles. The summed E-state index contributed by atoms with van der Waals surface area (Å²) in [6.07, 6.45) is 8.25. The molecule has 35 heavy (non-hydrogen) atoms. The molecule has 3 atom stereocenters. The van der Waals surface area contributed by atoms with Crippen molar-refractivity contribution < 1.29 is 9.47 Å². The molecule has 3 aromatic rings. The Morgan fingerprint density at radius 3 is 2.34 bits per heavy atom. The largest absolute Gasteiger partial charge is 0.495 e. The highest BCUT2D eigenvalue weighted by Gasteiger charge is 2.38. The molecule has 2 aromatic heterocycles. The van der Waals surface area contributed by atoms with E-state index in [9.17, 15) is 4.79 Å². The van der Waals surface area contributed by atoms with Crippen molar-refractivity contribution in [3.8, 4) is 22.6 Å². The molecule has 2 saturated carbocycles. The molecule has 0 aliphatic heterocycles. The van der Waals surface area contributed by atoms with Crippen molar-refractivity contribution in [1.29, 1.82) is 0 Å². The van der Waals surface area contributed by atoms with Crippen LogP contribution in [0.15, 0.2) is 23.1 Å². The van der Waals surface area contributed by atoms with Crippen LogP contribution in [-0.4, -0.2) is 34.8 Å². The van der Waals surface area contributed by atoms with Crippen LogP contribution in [0.4, 0.5) is 5.95 Å². The van der Waals surface area contributed by atoms with Gasteiger partial charge in [0.2, 0.25) is 5.95 Å². The van der Waals surface area contributed by atoms with Crippen LogP contribution in [0.1, 0.15) is 39.0 Å². The maximum Gasteiger partial charge on any atom is 0.259 e. The number of anilines is 1. The first-order chi connectivity index (χ1) is 16.8. The number of nitrogens with one attached hydrogen (secondary N) is 1. The third-order valence-electron chi connectivity index (χ3n) is 7.84. The lowest BCUT2D eigenvalue weighted by Crippen LogP contribution is -2.25. The fourth-order valence-electron chi connectivity index (χ4n) is 5.58. The summed E-state index contributed by atoms with van der Waals surface area (Å²) >= 11 is 13.2. The average Bonchev–Trinajstić information content (AvgIpc) is 3.15. The number of benzene rings is 1. The summed E-state index contributed by atoms with van der Waals surface area (Å²) in [4.78, 5) is 22.7. The molecule has 0 bridgehead atoms. The van der Waals surface area contributed by atoms with Gasteiger partial charge >= 0.3 is 0 Å². The van der Waals surface area contributed by atoms with E-state index in [0.29, 0.717) is 51.6 Å². The van der Waals surface area contributed by atoms with Crippen molar-refractivity contribution in [3.05, 3.63) is 38.7 Å². The lowest BCUT2D eigenvalue weighted by atomic mass is 9.75. The summed E-state index contributed by atoms with van der Waals surface area (Å²) < 4.78 is 12.2. The Kier molecular flexibility index (Phi) is 6.57. The summed E-state index contributed by atoms with van der Waals surface area (Å²) in [5.41, 5.74) is 0.945. The number of aromatic nitrogens is 3. The van der Waals surface area contributed by atoms with Crippen LogP contribution in [0, 0.1) is 17.8 Å². The minimum Gasteiger partial charge on any atom is -0.495 e. The van der Waals surface area contributed by atoms with Crippen molar-refractivity contribution in [2.45, 2.75) is 45.1 Å². The number of hydrogen-bond acceptors (Lipinski definition) is 6. The number of fused-ring (bicyclic) bond motifs is 1. The SMILES string of the molecule is COc1cc(OC)c(Cl)c(-c2cc3cnc(N[C@@H]4CC(C5CCC5)C[C@@H]4C)nc3n(C)c2=O)c1Cl. The minimum absolute atomic E-state index is 0.241. The normalized spacial score (nSPS) is 22.3. The van der Waals surface area contributed by atoms with Gasteiger partial charge < -0.3 is 14.8 Å². The highest BCUT2D eigenvalue weighted by Crippen LogP contribution is 2.46. The Labute approximate surface area is 214 Å². The van der Waals surface area contributed by atoms with Crippen molar-refractivity contribution in [1.82, 2.24) is 14.5 Å². The van der Waals surface area contributed by atoms with E-state index in [0.717, 1.165) is 18.3 Å². The van der Waals surface area contributed by atoms with Gasteiger partial charge in [0.15, 0.2) is 0 Å². The fraction of sp³-hybridized carbons (Fsp3) is 0.500. The molecular formula is C26H30Cl2N4O3. The third kappa shape index (κ3) is 4.23. The topological polar surface area (TPSA) is 78.3 Å². The number of rotatable bonds is 6. The summed E-state index contributed by atoms with van der Waals surface area (Å²) in [6.45, 7) is 2.30. The minimum atomic E-state index is -0.277. The predicted octanol–water partition coefficient (Wildman–Crippen LogP) is 5.95. The van der Waals surface area contributed by atoms with Gasteiger partial charge in [0.25, 0.3) is 5.56 Å². The molecule has 5 rings (SSSR count). The molecule has 2 heterocycles. The Balaban J connectivity index is 1.51. The van der Waals surface area contributed by atoms with Gasteiger partial charge in [0.05, 0.1) is 29.8 Å². The van der Waals surface area contributed by atoms with E-state index in [2.05, 4.69) is 17.2 Å². The number of ether oxygens (including phenoxy) is 2. The molecular weight excluding hydrogens is 487 g/mol. The van der Waals surface area contributed by atoms with Gasteiger partial charge in [0.1, 0.15) is 17.1 Å². The number of pyridine rings is 1. The number of nitrogens with zero attached hydrogens (tertiary/aromatic N) is 3. The highest BCUT2D eigenvalue weighted by atomic mass is 35.5. The van der Waals surface area contributed by atoms with E-state index < -0.39 is 0 Å². The first-order valence-corrected chi connectivity index (χ1v) is 12.8. The molecule has 2 aliphatic rings. The second-order valence-electron chi connectivity index (χ2n) is 9.83. The molecule has 0 saturated heterocycles. The number of aryl methyl sites for hydroxylation is 1. The first kappa shape index (κ1) is 24.2. The molecule has 0 radical (unpaired) electrons. The smallest absolute Gasteiger partial charge is 0.259 e. The summed E-state index contributed by atoms with van der Waals surface area (Å²) in [6, 6.07) is 3.66. The molecule has 1 aromatic carbocycles. The molecule has 1 N–H and O–H groups in total. The standard InChI is InChI=1S/C26H30Cl2N4O3/c1-13-8-15(14-6-5-7-14)10-18(13)30-26-29-12-16-9-17(25(33)32(2)24(16)31-26)21-22(27)19(34-3)11-20(35-4)23(21)28/h9,11-15,18H,5-8,10H2,1-4H3,(H,29,30,31)/t13-,15?,18+/m0/s1. The highest BCUT2D eigenvalue weighted by molar-refractivity contribution is 6.41. The number of methoxy groups -OCH3 is 2. The van der Waals surface area contributed by atoms with Crippen LogP contribution in [0.5, 0.6) is 11.5 Å². The van der Waals surface area contributed by atoms with Gasteiger partial charge in [-0.25, -0.2) is 4.98 Å². The van der Waals surface area contributed by atoms with Gasteiger partial charge in [-0.2, -0.15) is 4.98 Å². The molecule has 0 amide bonds. The zero-order valence-corrected chi connectivity index (χ0v) is 21.9. The van der Waals surface area contributed by atoms with Crippen molar-refractivity contribution >= 4 is 40.2 Å². The van der Waals surface area contributed by atoms with Crippen LogP contribution in [0.25, 0.3) is 22.2 Å². The van der Waals surface area contributed by atoms with Crippen LogP contribution >= 0.6 is 23.2 Å². The lowest BCUT2D eigenvalue weighted by Gasteiger charge is -2.31. The van der Waals surface area contributed by atoms with Crippen LogP contribution in [-0.2, 0) is 7.05 Å². The summed E-state index contributed by atoms with van der Waals surface area (Å²) in [7, 11) is 4.69. The molecule has 2 fully saturated rings. The van der Waals surface area contributed by atoms with Gasteiger partial charge in [0, 0.05) is 36.3 Å². The Hall–Kier alpha value is -2.51. The zero-order chi connectivity index (χ0) is 24.9. The maximum absolute atomic E-state index is 13.4. The molecule has 186 valence electrons. The Morgan fingerprint density at radius 2 is 1.74 bits per heavy atom. The van der Waals surface area contributed by atoms with Crippen LogP contribution < -0.4 is 20.3 Å². The average molecular weight is 517 g/mol. The van der Waals surface area contributed by atoms with E-state index in [-0.39, 0.29) is 15.6 Å². The van der Waals surface area contributed by atoms with Crippen LogP contribution in [0.2, 0.25) is 10.0 Å². The number of hydrogen-bond donors (Lipinski definition) is 1. The molecule has 9 heteroatoms. The Morgan fingerprint density at radius 1 is 1.06 bits per heavy atom. The third-order valence-corrected chi connectivity index (χ3v) is 8.59. The molecule has 0 spiro atoms. The van der Waals surface area contributed by atoms with E-state index in [4.69, 9.17) is 37.7 Å². The monoisotopic (exact) mass is 516 g/mol. The van der Waals surface area contributed by atoms with E-state index >= 15 is 0 Å². The van der Waals surface area contributed by atoms with Gasteiger partial charge in [-0.1, -0.05) is 49.4 Å². The lowest BCUT2D eigenvalue weighted by molar-refractivity contribution is 0.205. The van der Waals surface area contributed by atoms with E-state index in [1.807, 2.05) is 0 Å². The zero-order valence-electron chi connectivity index (χ0n) is 20.4. The quantitative estimate of drug-likeness (QED) is 0.436. The van der Waals surface area contributed by atoms with Crippen LogP contribution in [0.3, 0.4) is 0 Å². The fourth-order valence-corrected chi connectivity index (χ4v) is 6.28. The van der Waals surface area contributed by atoms with Crippen molar-refractivity contribution in [2.75, 3.05) is 19.5 Å². The number of halogens is 2. The molecule has 7 nitrogen and oxygen atoms in total. The second kappa shape index (κ2) is 9.51. The van der Waals surface area contributed by atoms with Crippen molar-refractivity contribution in [3.63, 3.8) is 0 Å².